The molecular weight excluding hydrogens is 585 g/mol. The molecule has 0 radical (unpaired) electrons. The van der Waals surface area contributed by atoms with E-state index in [1.54, 1.807) is 78.0 Å². The van der Waals surface area contributed by atoms with Crippen molar-refractivity contribution >= 4 is 45.9 Å². The van der Waals surface area contributed by atoms with E-state index in [4.69, 9.17) is 17.3 Å². The lowest BCUT2D eigenvalue weighted by Gasteiger charge is -2.27. The van der Waals surface area contributed by atoms with Gasteiger partial charge in [0.2, 0.25) is 11.8 Å². The molecule has 7 rings (SSSR count). The van der Waals surface area contributed by atoms with Crippen molar-refractivity contribution in [2.75, 3.05) is 5.32 Å². The van der Waals surface area contributed by atoms with Crippen LogP contribution < -0.4 is 11.1 Å². The number of nitrogens with one attached hydrogen (secondary N) is 1. The first-order valence-corrected chi connectivity index (χ1v) is 14.4. The Balaban J connectivity index is 1.14. The van der Waals surface area contributed by atoms with E-state index in [0.29, 0.717) is 39.3 Å². The number of benzene rings is 3. The van der Waals surface area contributed by atoms with Crippen LogP contribution in [0.2, 0.25) is 5.02 Å². The van der Waals surface area contributed by atoms with Crippen molar-refractivity contribution < 1.29 is 18.8 Å². The second kappa shape index (κ2) is 10.8. The minimum Gasteiger partial charge on any atom is -0.364 e. The number of hydrogen-bond donors (Lipinski definition) is 2. The molecule has 12 heteroatoms. The van der Waals surface area contributed by atoms with Crippen LogP contribution in [0.25, 0.3) is 33.4 Å². The van der Waals surface area contributed by atoms with Crippen LogP contribution in [0.4, 0.5) is 10.1 Å². The number of carbonyl (C=O) groups is 3. The van der Waals surface area contributed by atoms with Crippen LogP contribution in [0.15, 0.2) is 79.1 Å². The number of nitrogens with two attached hydrogens (primary N) is 1. The third-order valence-corrected chi connectivity index (χ3v) is 8.54. The molecule has 44 heavy (non-hydrogen) atoms. The number of likely N-dealkylation sites (tertiary alicyclic amines) is 1. The molecule has 2 fully saturated rings. The van der Waals surface area contributed by atoms with E-state index in [1.807, 2.05) is 0 Å². The van der Waals surface area contributed by atoms with E-state index >= 15 is 4.39 Å². The number of primary amides is 1. The van der Waals surface area contributed by atoms with Gasteiger partial charge in [-0.1, -0.05) is 41.9 Å². The molecule has 3 aromatic carbocycles. The molecule has 2 aliphatic rings. The Labute approximate surface area is 255 Å². The number of halogens is 2. The quantitative estimate of drug-likeness (QED) is 0.275. The number of carbonyl (C=O) groups excluding carboxylic acids is 3. The molecule has 5 aromatic rings. The summed E-state index contributed by atoms with van der Waals surface area (Å²) in [6, 6.07) is 17.6. The fourth-order valence-corrected chi connectivity index (χ4v) is 6.30. The summed E-state index contributed by atoms with van der Waals surface area (Å²) in [4.78, 5) is 49.6. The first-order valence-electron chi connectivity index (χ1n) is 14.0. The number of piperidine rings is 1. The van der Waals surface area contributed by atoms with Crippen LogP contribution in [-0.4, -0.2) is 54.5 Å². The summed E-state index contributed by atoms with van der Waals surface area (Å²) < 4.78 is 17.0. The highest BCUT2D eigenvalue weighted by atomic mass is 35.5. The van der Waals surface area contributed by atoms with Crippen LogP contribution in [0.5, 0.6) is 0 Å². The van der Waals surface area contributed by atoms with Crippen molar-refractivity contribution in [2.45, 2.75) is 31.5 Å². The summed E-state index contributed by atoms with van der Waals surface area (Å²) >= 11 is 6.29. The number of fused-ring (bicyclic) bond motifs is 2. The van der Waals surface area contributed by atoms with E-state index in [2.05, 4.69) is 20.4 Å². The standard InChI is InChI=1S/C32H25ClFN7O3/c33-22-7-2-1-5-19(22)20-6-3-8-23(28(20)34)38-32(44)26-15-18-14-25(18)41(26)27(42)16-40-24-10-9-17(31-36-11-4-12-37-31)13-21(24)29(39-40)30(35)43/h1-13,18,25-26H,14-16H2,(H2,35,43)(H,38,44)/t18-,25?,26+/m1/s1. The summed E-state index contributed by atoms with van der Waals surface area (Å²) in [6.45, 7) is -0.214. The maximum absolute atomic E-state index is 15.6. The molecule has 1 saturated heterocycles. The summed E-state index contributed by atoms with van der Waals surface area (Å²) in [7, 11) is 0. The average Bonchev–Trinajstić information content (AvgIpc) is 3.53. The van der Waals surface area contributed by atoms with Crippen molar-refractivity contribution in [1.82, 2.24) is 24.6 Å². The average molecular weight is 610 g/mol. The highest BCUT2D eigenvalue weighted by Gasteiger charge is 2.56. The molecule has 2 aromatic heterocycles. The second-order valence-electron chi connectivity index (χ2n) is 10.9. The van der Waals surface area contributed by atoms with Gasteiger partial charge in [-0.15, -0.1) is 0 Å². The Morgan fingerprint density at radius 1 is 0.977 bits per heavy atom. The van der Waals surface area contributed by atoms with Gasteiger partial charge in [0.05, 0.1) is 11.2 Å². The molecule has 10 nitrogen and oxygen atoms in total. The largest absolute Gasteiger partial charge is 0.364 e. The molecule has 0 spiro atoms. The summed E-state index contributed by atoms with van der Waals surface area (Å²) in [5, 5.41) is 7.91. The maximum Gasteiger partial charge on any atom is 0.269 e. The van der Waals surface area contributed by atoms with Crippen LogP contribution in [0, 0.1) is 11.7 Å². The summed E-state index contributed by atoms with van der Waals surface area (Å²) in [5.41, 5.74) is 7.60. The lowest BCUT2D eigenvalue weighted by atomic mass is 10.0. The summed E-state index contributed by atoms with van der Waals surface area (Å²) in [6.07, 6.45) is 4.49. The van der Waals surface area contributed by atoms with E-state index in [-0.39, 0.29) is 41.4 Å². The Kier molecular flexibility index (Phi) is 6.81. The first-order chi connectivity index (χ1) is 21.3. The summed E-state index contributed by atoms with van der Waals surface area (Å²) in [5.74, 6) is -1.51. The van der Waals surface area contributed by atoms with Gasteiger partial charge in [0, 0.05) is 45.5 Å². The van der Waals surface area contributed by atoms with E-state index in [1.165, 1.54) is 10.7 Å². The second-order valence-corrected chi connectivity index (χ2v) is 11.3. The molecule has 1 aliphatic carbocycles. The van der Waals surface area contributed by atoms with Gasteiger partial charge < -0.3 is 16.0 Å². The van der Waals surface area contributed by atoms with Gasteiger partial charge in [-0.3, -0.25) is 19.1 Å². The van der Waals surface area contributed by atoms with E-state index in [0.717, 1.165) is 6.42 Å². The van der Waals surface area contributed by atoms with Crippen molar-refractivity contribution in [1.29, 1.82) is 0 Å². The predicted octanol–water partition coefficient (Wildman–Crippen LogP) is 4.68. The normalized spacial score (nSPS) is 18.7. The van der Waals surface area contributed by atoms with Crippen molar-refractivity contribution in [2.24, 2.45) is 11.7 Å². The first kappa shape index (κ1) is 27.7. The van der Waals surface area contributed by atoms with Gasteiger partial charge in [-0.05, 0) is 55.2 Å². The minimum absolute atomic E-state index is 0.00256. The lowest BCUT2D eigenvalue weighted by Crippen LogP contribution is -2.46. The molecule has 1 saturated carbocycles. The van der Waals surface area contributed by atoms with Crippen molar-refractivity contribution in [3.05, 3.63) is 95.7 Å². The highest BCUT2D eigenvalue weighted by Crippen LogP contribution is 2.48. The third kappa shape index (κ3) is 4.84. The van der Waals surface area contributed by atoms with E-state index in [9.17, 15) is 14.4 Å². The van der Waals surface area contributed by atoms with Crippen LogP contribution in [0.3, 0.4) is 0 Å². The van der Waals surface area contributed by atoms with Gasteiger partial charge in [0.15, 0.2) is 17.3 Å². The molecule has 3 heterocycles. The van der Waals surface area contributed by atoms with Gasteiger partial charge in [0.1, 0.15) is 12.6 Å². The molecule has 3 atom stereocenters. The van der Waals surface area contributed by atoms with Crippen LogP contribution >= 0.6 is 11.6 Å². The molecule has 1 aliphatic heterocycles. The number of rotatable bonds is 7. The smallest absolute Gasteiger partial charge is 0.269 e. The Hall–Kier alpha value is -5.16. The molecule has 220 valence electrons. The Morgan fingerprint density at radius 3 is 2.52 bits per heavy atom. The van der Waals surface area contributed by atoms with Crippen molar-refractivity contribution in [3.63, 3.8) is 0 Å². The third-order valence-electron chi connectivity index (χ3n) is 8.21. The SMILES string of the molecule is NC(=O)c1nn(CC(=O)N2C3C[C@@H]3C[C@H]2C(=O)Nc2cccc(-c3ccccc3Cl)c2F)c2ccc(-c3ncccn3)cc12. The number of amides is 3. The molecule has 3 N–H and O–H groups in total. The Bertz CT molecular complexity index is 1960. The number of anilines is 1. The van der Waals surface area contributed by atoms with Crippen LogP contribution in [0.1, 0.15) is 23.3 Å². The van der Waals surface area contributed by atoms with E-state index < -0.39 is 23.7 Å². The zero-order chi connectivity index (χ0) is 30.5. The van der Waals surface area contributed by atoms with Gasteiger partial charge >= 0.3 is 0 Å². The van der Waals surface area contributed by atoms with Gasteiger partial charge in [-0.25, -0.2) is 14.4 Å². The monoisotopic (exact) mass is 609 g/mol. The van der Waals surface area contributed by atoms with Gasteiger partial charge in [0.25, 0.3) is 5.91 Å². The number of hydrogen-bond acceptors (Lipinski definition) is 6. The number of aromatic nitrogens is 4. The number of nitrogens with zero attached hydrogens (tertiary/aromatic N) is 5. The van der Waals surface area contributed by atoms with Crippen LogP contribution in [-0.2, 0) is 16.1 Å². The molecule has 1 unspecified atom stereocenters. The van der Waals surface area contributed by atoms with Crippen molar-refractivity contribution in [3.8, 4) is 22.5 Å². The zero-order valence-corrected chi connectivity index (χ0v) is 23.9. The topological polar surface area (TPSA) is 136 Å². The fourth-order valence-electron chi connectivity index (χ4n) is 6.06. The maximum atomic E-state index is 15.6. The predicted molar refractivity (Wildman–Crippen MR) is 162 cm³/mol. The minimum atomic E-state index is -0.783. The zero-order valence-electron chi connectivity index (χ0n) is 23.2. The molecule has 3 amide bonds. The lowest BCUT2D eigenvalue weighted by molar-refractivity contribution is -0.138. The molecular formula is C32H25ClFN7O3. The Morgan fingerprint density at radius 2 is 1.75 bits per heavy atom. The molecule has 0 bridgehead atoms. The highest BCUT2D eigenvalue weighted by molar-refractivity contribution is 6.33. The van der Waals surface area contributed by atoms with Gasteiger partial charge in [-0.2, -0.15) is 5.10 Å². The fraction of sp³-hybridized carbons (Fsp3) is 0.188.